The number of aliphatic hydroxyl groups is 1. The molecule has 0 aliphatic rings. The van der Waals surface area contributed by atoms with Crippen molar-refractivity contribution in [2.75, 3.05) is 13.2 Å². The van der Waals surface area contributed by atoms with Crippen molar-refractivity contribution < 1.29 is 14.7 Å². The first-order valence-electron chi connectivity index (χ1n) is 6.92. The molecule has 0 saturated carbocycles. The summed E-state index contributed by atoms with van der Waals surface area (Å²) in [6.07, 6.45) is 1.26. The van der Waals surface area contributed by atoms with E-state index in [1.165, 1.54) is 0 Å². The molecule has 1 aromatic rings. The second-order valence-electron chi connectivity index (χ2n) is 4.89. The first-order valence-corrected chi connectivity index (χ1v) is 7.71. The Morgan fingerprint density at radius 3 is 2.48 bits per heavy atom. The van der Waals surface area contributed by atoms with Crippen LogP contribution in [0.2, 0.25) is 0 Å². The van der Waals surface area contributed by atoms with Gasteiger partial charge in [0.15, 0.2) is 0 Å². The quantitative estimate of drug-likeness (QED) is 0.697. The van der Waals surface area contributed by atoms with Gasteiger partial charge in [0.25, 0.3) is 5.91 Å². The fourth-order valence-electron chi connectivity index (χ4n) is 1.92. The number of carbonyl (C=O) groups is 2. The monoisotopic (exact) mass is 356 g/mol. The summed E-state index contributed by atoms with van der Waals surface area (Å²) >= 11 is 3.29. The standard InChI is InChI=1S/C15H21BrN2O3/c1-3-15(4-2,10-19)18-13(20)9-17-14(21)11-6-5-7-12(16)8-11/h5-8,19H,3-4,9-10H2,1-2H3,(H,17,21)(H,18,20). The second kappa shape index (κ2) is 8.14. The number of amides is 2. The maximum atomic E-state index is 11.9. The molecule has 0 spiro atoms. The van der Waals surface area contributed by atoms with Crippen molar-refractivity contribution in [2.45, 2.75) is 32.2 Å². The third-order valence-electron chi connectivity index (χ3n) is 3.56. The lowest BCUT2D eigenvalue weighted by atomic mass is 9.94. The van der Waals surface area contributed by atoms with E-state index in [2.05, 4.69) is 26.6 Å². The molecule has 1 rings (SSSR count). The predicted octanol–water partition coefficient (Wildman–Crippen LogP) is 1.85. The third kappa shape index (κ3) is 5.13. The topological polar surface area (TPSA) is 78.4 Å². The van der Waals surface area contributed by atoms with Crippen LogP contribution in [0.3, 0.4) is 0 Å². The van der Waals surface area contributed by atoms with Crippen LogP contribution < -0.4 is 10.6 Å². The van der Waals surface area contributed by atoms with Crippen LogP contribution in [0.15, 0.2) is 28.7 Å². The summed E-state index contributed by atoms with van der Waals surface area (Å²) in [4.78, 5) is 23.8. The zero-order chi connectivity index (χ0) is 15.9. The molecule has 0 unspecified atom stereocenters. The van der Waals surface area contributed by atoms with Crippen molar-refractivity contribution in [3.8, 4) is 0 Å². The molecule has 0 aliphatic carbocycles. The molecule has 3 N–H and O–H groups in total. The Morgan fingerprint density at radius 1 is 1.29 bits per heavy atom. The summed E-state index contributed by atoms with van der Waals surface area (Å²) in [6.45, 7) is 3.57. The van der Waals surface area contributed by atoms with Crippen LogP contribution in [0, 0.1) is 0 Å². The first-order chi connectivity index (χ1) is 9.96. The zero-order valence-electron chi connectivity index (χ0n) is 12.3. The lowest BCUT2D eigenvalue weighted by molar-refractivity contribution is -0.122. The molecule has 0 aromatic heterocycles. The fraction of sp³-hybridized carbons (Fsp3) is 0.467. The number of benzene rings is 1. The maximum Gasteiger partial charge on any atom is 0.251 e. The van der Waals surface area contributed by atoms with Crippen molar-refractivity contribution in [1.29, 1.82) is 0 Å². The van der Waals surface area contributed by atoms with Crippen molar-refractivity contribution in [1.82, 2.24) is 10.6 Å². The Morgan fingerprint density at radius 2 is 1.95 bits per heavy atom. The molecule has 0 atom stereocenters. The summed E-state index contributed by atoms with van der Waals surface area (Å²) in [6, 6.07) is 6.93. The minimum atomic E-state index is -0.614. The van der Waals surface area contributed by atoms with E-state index < -0.39 is 5.54 Å². The first kappa shape index (κ1) is 17.7. The Balaban J connectivity index is 2.55. The van der Waals surface area contributed by atoms with Crippen molar-refractivity contribution in [3.63, 3.8) is 0 Å². The molecule has 0 radical (unpaired) electrons. The van der Waals surface area contributed by atoms with E-state index in [0.717, 1.165) is 4.47 Å². The highest BCUT2D eigenvalue weighted by Crippen LogP contribution is 2.14. The Hall–Kier alpha value is -1.40. The van der Waals surface area contributed by atoms with Crippen LogP contribution in [-0.4, -0.2) is 35.6 Å². The number of hydrogen-bond donors (Lipinski definition) is 3. The molecular formula is C15H21BrN2O3. The molecule has 0 aliphatic heterocycles. The van der Waals surface area contributed by atoms with Gasteiger partial charge in [0, 0.05) is 10.0 Å². The molecule has 0 saturated heterocycles. The van der Waals surface area contributed by atoms with Gasteiger partial charge in [-0.05, 0) is 31.0 Å². The Bertz CT molecular complexity index is 493. The maximum absolute atomic E-state index is 11.9. The van der Waals surface area contributed by atoms with Crippen molar-refractivity contribution in [2.24, 2.45) is 0 Å². The summed E-state index contributed by atoms with van der Waals surface area (Å²) in [5.41, 5.74) is -0.131. The minimum absolute atomic E-state index is 0.118. The largest absolute Gasteiger partial charge is 0.394 e. The van der Waals surface area contributed by atoms with Gasteiger partial charge in [0.1, 0.15) is 0 Å². The summed E-state index contributed by atoms with van der Waals surface area (Å²) < 4.78 is 0.802. The van der Waals surface area contributed by atoms with E-state index >= 15 is 0 Å². The van der Waals surface area contributed by atoms with E-state index in [1.807, 2.05) is 19.9 Å². The van der Waals surface area contributed by atoms with Gasteiger partial charge < -0.3 is 15.7 Å². The number of hydrogen-bond acceptors (Lipinski definition) is 3. The molecule has 2 amide bonds. The van der Waals surface area contributed by atoms with Crippen molar-refractivity contribution >= 4 is 27.7 Å². The van der Waals surface area contributed by atoms with Gasteiger partial charge in [-0.1, -0.05) is 35.8 Å². The smallest absolute Gasteiger partial charge is 0.251 e. The lowest BCUT2D eigenvalue weighted by Gasteiger charge is -2.30. The molecule has 21 heavy (non-hydrogen) atoms. The molecule has 0 heterocycles. The van der Waals surface area contributed by atoms with Gasteiger partial charge in [-0.25, -0.2) is 0 Å². The third-order valence-corrected chi connectivity index (χ3v) is 4.05. The Labute approximate surface area is 133 Å². The van der Waals surface area contributed by atoms with Crippen LogP contribution >= 0.6 is 15.9 Å². The highest BCUT2D eigenvalue weighted by Gasteiger charge is 2.27. The molecule has 6 heteroatoms. The number of rotatable bonds is 7. The molecule has 0 bridgehead atoms. The minimum Gasteiger partial charge on any atom is -0.394 e. The van der Waals surface area contributed by atoms with Gasteiger partial charge in [0.2, 0.25) is 5.91 Å². The highest BCUT2D eigenvalue weighted by molar-refractivity contribution is 9.10. The Kier molecular flexibility index (Phi) is 6.84. The summed E-state index contributed by atoms with van der Waals surface area (Å²) in [7, 11) is 0. The lowest BCUT2D eigenvalue weighted by Crippen LogP contribution is -2.53. The van der Waals surface area contributed by atoms with Gasteiger partial charge in [-0.15, -0.1) is 0 Å². The van der Waals surface area contributed by atoms with Crippen LogP contribution in [0.25, 0.3) is 0 Å². The van der Waals surface area contributed by atoms with E-state index in [9.17, 15) is 14.7 Å². The van der Waals surface area contributed by atoms with E-state index in [0.29, 0.717) is 18.4 Å². The number of halogens is 1. The number of aliphatic hydroxyl groups excluding tert-OH is 1. The van der Waals surface area contributed by atoms with Gasteiger partial charge >= 0.3 is 0 Å². The molecular weight excluding hydrogens is 336 g/mol. The average Bonchev–Trinajstić information content (AvgIpc) is 2.50. The highest BCUT2D eigenvalue weighted by atomic mass is 79.9. The van der Waals surface area contributed by atoms with E-state index in [-0.39, 0.29) is 25.0 Å². The summed E-state index contributed by atoms with van der Waals surface area (Å²) in [5.74, 6) is -0.620. The van der Waals surface area contributed by atoms with Gasteiger partial charge in [0.05, 0.1) is 18.7 Å². The van der Waals surface area contributed by atoms with Crippen LogP contribution in [-0.2, 0) is 4.79 Å². The molecule has 1 aromatic carbocycles. The van der Waals surface area contributed by atoms with Crippen molar-refractivity contribution in [3.05, 3.63) is 34.3 Å². The van der Waals surface area contributed by atoms with Crippen LogP contribution in [0.5, 0.6) is 0 Å². The number of carbonyl (C=O) groups excluding carboxylic acids is 2. The van der Waals surface area contributed by atoms with Crippen LogP contribution in [0.4, 0.5) is 0 Å². The predicted molar refractivity (Wildman–Crippen MR) is 85.0 cm³/mol. The van der Waals surface area contributed by atoms with Gasteiger partial charge in [-0.3, -0.25) is 9.59 Å². The molecule has 5 nitrogen and oxygen atoms in total. The SMILES string of the molecule is CCC(CC)(CO)NC(=O)CNC(=O)c1cccc(Br)c1. The van der Waals surface area contributed by atoms with Crippen LogP contribution in [0.1, 0.15) is 37.0 Å². The van der Waals surface area contributed by atoms with E-state index in [1.54, 1.807) is 18.2 Å². The molecule has 0 fully saturated rings. The second-order valence-corrected chi connectivity index (χ2v) is 5.80. The zero-order valence-corrected chi connectivity index (χ0v) is 13.9. The molecule has 116 valence electrons. The van der Waals surface area contributed by atoms with Gasteiger partial charge in [-0.2, -0.15) is 0 Å². The van der Waals surface area contributed by atoms with E-state index in [4.69, 9.17) is 0 Å². The number of nitrogens with one attached hydrogen (secondary N) is 2. The normalized spacial score (nSPS) is 11.0. The fourth-order valence-corrected chi connectivity index (χ4v) is 2.32. The average molecular weight is 357 g/mol. The summed E-state index contributed by atoms with van der Waals surface area (Å²) in [5, 5.41) is 14.8.